The summed E-state index contributed by atoms with van der Waals surface area (Å²) in [4.78, 5) is 12.3. The van der Waals surface area contributed by atoms with Crippen molar-refractivity contribution < 1.29 is 19.0 Å². The Bertz CT molecular complexity index is 837. The minimum Gasteiger partial charge on any atom is -0.493 e. The number of hydrogen-bond donors (Lipinski definition) is 1. The molecular weight excluding hydrogens is 389 g/mol. The first-order valence-electron chi connectivity index (χ1n) is 8.41. The van der Waals surface area contributed by atoms with E-state index in [0.29, 0.717) is 33.0 Å². The van der Waals surface area contributed by atoms with Gasteiger partial charge in [-0.3, -0.25) is 4.79 Å². The molecule has 0 saturated heterocycles. The molecule has 5 nitrogen and oxygen atoms in total. The molecule has 2 aromatic rings. The molecule has 0 atom stereocenters. The molecule has 27 heavy (non-hydrogen) atoms. The van der Waals surface area contributed by atoms with Crippen molar-refractivity contribution in [2.75, 3.05) is 26.1 Å². The lowest BCUT2D eigenvalue weighted by atomic mass is 10.0. The number of anilines is 1. The fourth-order valence-corrected chi connectivity index (χ4v) is 2.90. The van der Waals surface area contributed by atoms with Gasteiger partial charge in [0.15, 0.2) is 18.1 Å². The Morgan fingerprint density at radius 2 is 1.63 bits per heavy atom. The van der Waals surface area contributed by atoms with Gasteiger partial charge in [-0.05, 0) is 36.1 Å². The summed E-state index contributed by atoms with van der Waals surface area (Å²) in [6.07, 6.45) is 0. The molecule has 0 aliphatic heterocycles. The summed E-state index contributed by atoms with van der Waals surface area (Å²) in [5.41, 5.74) is 2.25. The molecular formula is C20H23Cl2NO4. The van der Waals surface area contributed by atoms with Crippen molar-refractivity contribution in [1.82, 2.24) is 0 Å². The second kappa shape index (κ2) is 9.20. The zero-order valence-electron chi connectivity index (χ0n) is 16.0. The van der Waals surface area contributed by atoms with E-state index >= 15 is 0 Å². The maximum Gasteiger partial charge on any atom is 0.262 e. The van der Waals surface area contributed by atoms with Crippen molar-refractivity contribution in [3.8, 4) is 17.2 Å². The number of carbonyl (C=O) groups is 1. The van der Waals surface area contributed by atoms with Gasteiger partial charge in [0, 0.05) is 17.2 Å². The minimum atomic E-state index is -0.341. The van der Waals surface area contributed by atoms with Crippen LogP contribution in [0.15, 0.2) is 24.3 Å². The third kappa shape index (κ3) is 5.21. The molecule has 0 saturated carbocycles. The monoisotopic (exact) mass is 411 g/mol. The molecule has 0 unspecified atom stereocenters. The predicted octanol–water partition coefficient (Wildman–Crippen LogP) is 5.46. The Labute approximate surface area is 169 Å². The Morgan fingerprint density at radius 1 is 1.00 bits per heavy atom. The van der Waals surface area contributed by atoms with Gasteiger partial charge in [0.1, 0.15) is 5.75 Å². The largest absolute Gasteiger partial charge is 0.493 e. The topological polar surface area (TPSA) is 56.8 Å². The van der Waals surface area contributed by atoms with Crippen LogP contribution >= 0.6 is 23.2 Å². The van der Waals surface area contributed by atoms with E-state index in [2.05, 4.69) is 5.32 Å². The van der Waals surface area contributed by atoms with Crippen molar-refractivity contribution in [2.24, 2.45) is 0 Å². The van der Waals surface area contributed by atoms with Gasteiger partial charge in [-0.2, -0.15) is 0 Å². The van der Waals surface area contributed by atoms with Crippen molar-refractivity contribution in [2.45, 2.75) is 26.7 Å². The normalized spacial score (nSPS) is 10.7. The molecule has 0 fully saturated rings. The molecule has 2 aromatic carbocycles. The highest BCUT2D eigenvalue weighted by atomic mass is 35.5. The molecule has 2 rings (SSSR count). The Balaban J connectivity index is 2.13. The van der Waals surface area contributed by atoms with Crippen LogP contribution in [-0.2, 0) is 4.79 Å². The highest BCUT2D eigenvalue weighted by molar-refractivity contribution is 6.34. The maximum atomic E-state index is 12.3. The van der Waals surface area contributed by atoms with Crippen molar-refractivity contribution >= 4 is 34.8 Å². The van der Waals surface area contributed by atoms with E-state index in [1.54, 1.807) is 12.1 Å². The van der Waals surface area contributed by atoms with Crippen molar-refractivity contribution in [1.29, 1.82) is 0 Å². The van der Waals surface area contributed by atoms with E-state index in [1.807, 2.05) is 32.9 Å². The summed E-state index contributed by atoms with van der Waals surface area (Å²) in [6.45, 7) is 5.81. The van der Waals surface area contributed by atoms with E-state index in [0.717, 1.165) is 11.1 Å². The Kier molecular flexibility index (Phi) is 7.22. The molecule has 0 aromatic heterocycles. The van der Waals surface area contributed by atoms with E-state index < -0.39 is 0 Å². The van der Waals surface area contributed by atoms with E-state index in [-0.39, 0.29) is 18.4 Å². The molecule has 0 aliphatic carbocycles. The van der Waals surface area contributed by atoms with Crippen LogP contribution < -0.4 is 19.5 Å². The van der Waals surface area contributed by atoms with Gasteiger partial charge < -0.3 is 19.5 Å². The quantitative estimate of drug-likeness (QED) is 0.656. The highest BCUT2D eigenvalue weighted by Gasteiger charge is 2.15. The lowest BCUT2D eigenvalue weighted by Gasteiger charge is -2.16. The number of halogens is 2. The number of ether oxygens (including phenoxy) is 3. The van der Waals surface area contributed by atoms with Gasteiger partial charge in [-0.1, -0.05) is 37.0 Å². The smallest absolute Gasteiger partial charge is 0.262 e. The van der Waals surface area contributed by atoms with Gasteiger partial charge >= 0.3 is 0 Å². The average Bonchev–Trinajstić information content (AvgIpc) is 2.63. The van der Waals surface area contributed by atoms with Crippen LogP contribution in [0.3, 0.4) is 0 Å². The fourth-order valence-electron chi connectivity index (χ4n) is 2.53. The number of aryl methyl sites for hydroxylation is 1. The number of benzene rings is 2. The van der Waals surface area contributed by atoms with Gasteiger partial charge in [0.05, 0.1) is 24.9 Å². The number of rotatable bonds is 7. The summed E-state index contributed by atoms with van der Waals surface area (Å²) in [7, 11) is 3.03. The lowest BCUT2D eigenvalue weighted by molar-refractivity contribution is -0.118. The number of carbonyl (C=O) groups excluding carboxylic acids is 1. The molecule has 0 radical (unpaired) electrons. The molecule has 7 heteroatoms. The summed E-state index contributed by atoms with van der Waals surface area (Å²) >= 11 is 12.4. The van der Waals surface area contributed by atoms with Crippen LogP contribution in [0.25, 0.3) is 0 Å². The number of hydrogen-bond acceptors (Lipinski definition) is 4. The SMILES string of the molecule is COc1cc(Cl)c(NC(=O)COc2cc(C)c(Cl)cc2C(C)C)cc1OC. The van der Waals surface area contributed by atoms with Crippen LogP contribution in [0.5, 0.6) is 17.2 Å². The van der Waals surface area contributed by atoms with E-state index in [4.69, 9.17) is 37.4 Å². The second-order valence-corrected chi connectivity index (χ2v) is 7.13. The molecule has 0 heterocycles. The standard InChI is InChI=1S/C20H23Cl2NO4/c1-11(2)13-7-14(21)12(3)6-17(13)27-10-20(24)23-16-9-19(26-5)18(25-4)8-15(16)22/h6-9,11H,10H2,1-5H3,(H,23,24). The van der Waals surface area contributed by atoms with Crippen LogP contribution in [0.2, 0.25) is 10.0 Å². The molecule has 0 bridgehead atoms. The molecule has 1 N–H and O–H groups in total. The third-order valence-electron chi connectivity index (χ3n) is 4.02. The van der Waals surface area contributed by atoms with Gasteiger partial charge in [0.2, 0.25) is 0 Å². The van der Waals surface area contributed by atoms with Crippen LogP contribution in [0.4, 0.5) is 5.69 Å². The Hall–Kier alpha value is -2.11. The average molecular weight is 412 g/mol. The maximum absolute atomic E-state index is 12.3. The first kappa shape index (κ1) is 21.2. The fraction of sp³-hybridized carbons (Fsp3) is 0.350. The number of nitrogens with one attached hydrogen (secondary N) is 1. The van der Waals surface area contributed by atoms with Crippen LogP contribution in [-0.4, -0.2) is 26.7 Å². The van der Waals surface area contributed by atoms with Crippen molar-refractivity contribution in [3.05, 3.63) is 45.4 Å². The lowest BCUT2D eigenvalue weighted by Crippen LogP contribution is -2.21. The molecule has 146 valence electrons. The van der Waals surface area contributed by atoms with Crippen LogP contribution in [0.1, 0.15) is 30.9 Å². The second-order valence-electron chi connectivity index (χ2n) is 6.32. The Morgan fingerprint density at radius 3 is 2.22 bits per heavy atom. The summed E-state index contributed by atoms with van der Waals surface area (Å²) < 4.78 is 16.2. The summed E-state index contributed by atoms with van der Waals surface area (Å²) in [5.74, 6) is 1.46. The molecule has 0 spiro atoms. The van der Waals surface area contributed by atoms with Gasteiger partial charge in [-0.15, -0.1) is 0 Å². The third-order valence-corrected chi connectivity index (χ3v) is 4.74. The van der Waals surface area contributed by atoms with Crippen molar-refractivity contribution in [3.63, 3.8) is 0 Å². The highest BCUT2D eigenvalue weighted by Crippen LogP contribution is 2.36. The first-order valence-corrected chi connectivity index (χ1v) is 9.16. The van der Waals surface area contributed by atoms with E-state index in [9.17, 15) is 4.79 Å². The summed E-state index contributed by atoms with van der Waals surface area (Å²) in [6, 6.07) is 6.90. The minimum absolute atomic E-state index is 0.161. The van der Waals surface area contributed by atoms with Gasteiger partial charge in [-0.25, -0.2) is 0 Å². The molecule has 0 aliphatic rings. The van der Waals surface area contributed by atoms with Crippen LogP contribution in [0, 0.1) is 6.92 Å². The summed E-state index contributed by atoms with van der Waals surface area (Å²) in [5, 5.41) is 3.74. The number of amides is 1. The van der Waals surface area contributed by atoms with E-state index in [1.165, 1.54) is 14.2 Å². The zero-order valence-corrected chi connectivity index (χ0v) is 17.5. The zero-order chi connectivity index (χ0) is 20.1. The van der Waals surface area contributed by atoms with Gasteiger partial charge in [0.25, 0.3) is 5.91 Å². The predicted molar refractivity (Wildman–Crippen MR) is 109 cm³/mol. The number of methoxy groups -OCH3 is 2. The first-order chi connectivity index (χ1) is 12.8. The molecule has 1 amide bonds.